The highest BCUT2D eigenvalue weighted by Gasteiger charge is 2.20. The van der Waals surface area contributed by atoms with Crippen LogP contribution in [0.25, 0.3) is 0 Å². The predicted octanol–water partition coefficient (Wildman–Crippen LogP) is 1.73. The van der Waals surface area contributed by atoms with Crippen molar-refractivity contribution in [3.63, 3.8) is 0 Å². The van der Waals surface area contributed by atoms with Gasteiger partial charge in [0.2, 0.25) is 10.0 Å². The summed E-state index contributed by atoms with van der Waals surface area (Å²) >= 11 is 5.72. The van der Waals surface area contributed by atoms with Crippen molar-refractivity contribution < 1.29 is 8.42 Å². The van der Waals surface area contributed by atoms with E-state index in [-0.39, 0.29) is 17.1 Å². The molecule has 16 heavy (non-hydrogen) atoms. The summed E-state index contributed by atoms with van der Waals surface area (Å²) in [5, 5.41) is 0.338. The normalized spacial score (nSPS) is 11.7. The van der Waals surface area contributed by atoms with Gasteiger partial charge in [0.05, 0.1) is 15.6 Å². The summed E-state index contributed by atoms with van der Waals surface area (Å²) < 4.78 is 25.1. The van der Waals surface area contributed by atoms with Crippen molar-refractivity contribution in [1.29, 1.82) is 0 Å². The molecule has 1 aromatic rings. The standard InChI is InChI=1S/C10H13ClN2O2S/c1-3-6-13(2)16(14,15)8-4-5-9(11)10(12)7-8/h3-5,7H,1,6,12H2,2H3. The average Bonchev–Trinajstić information content (AvgIpc) is 2.22. The molecular weight excluding hydrogens is 248 g/mol. The first kappa shape index (κ1) is 13.0. The molecule has 0 atom stereocenters. The van der Waals surface area contributed by atoms with Crippen molar-refractivity contribution in [3.8, 4) is 0 Å². The van der Waals surface area contributed by atoms with Gasteiger partial charge < -0.3 is 5.73 Å². The molecular formula is C10H13ClN2O2S. The first-order valence-corrected chi connectivity index (χ1v) is 6.33. The minimum Gasteiger partial charge on any atom is -0.397 e. The molecule has 0 aliphatic rings. The van der Waals surface area contributed by atoms with Crippen molar-refractivity contribution in [2.24, 2.45) is 0 Å². The van der Waals surface area contributed by atoms with Gasteiger partial charge in [-0.15, -0.1) is 6.58 Å². The molecule has 2 N–H and O–H groups in total. The molecule has 1 aromatic carbocycles. The van der Waals surface area contributed by atoms with E-state index in [9.17, 15) is 8.42 Å². The largest absolute Gasteiger partial charge is 0.397 e. The van der Waals surface area contributed by atoms with E-state index in [1.807, 2.05) is 0 Å². The number of halogens is 1. The monoisotopic (exact) mass is 260 g/mol. The van der Waals surface area contributed by atoms with E-state index >= 15 is 0 Å². The fourth-order valence-electron chi connectivity index (χ4n) is 1.14. The minimum absolute atomic E-state index is 0.124. The lowest BCUT2D eigenvalue weighted by Crippen LogP contribution is -2.27. The molecule has 0 radical (unpaired) electrons. The molecule has 88 valence electrons. The summed E-state index contributed by atoms with van der Waals surface area (Å²) in [6.07, 6.45) is 1.51. The molecule has 0 saturated carbocycles. The summed E-state index contributed by atoms with van der Waals surface area (Å²) in [4.78, 5) is 0.124. The lowest BCUT2D eigenvalue weighted by Gasteiger charge is -2.15. The molecule has 0 amide bonds. The van der Waals surface area contributed by atoms with Crippen LogP contribution in [-0.2, 0) is 10.0 Å². The third kappa shape index (κ3) is 2.55. The van der Waals surface area contributed by atoms with E-state index in [1.165, 1.54) is 35.6 Å². The molecule has 0 fully saturated rings. The molecule has 0 saturated heterocycles. The van der Waals surface area contributed by atoms with Crippen molar-refractivity contribution in [3.05, 3.63) is 35.9 Å². The minimum atomic E-state index is -3.52. The van der Waals surface area contributed by atoms with Gasteiger partial charge in [-0.25, -0.2) is 8.42 Å². The SMILES string of the molecule is C=CCN(C)S(=O)(=O)c1ccc(Cl)c(N)c1. The van der Waals surface area contributed by atoms with Gasteiger partial charge in [-0.05, 0) is 18.2 Å². The third-order valence-electron chi connectivity index (χ3n) is 2.06. The number of nitrogens with two attached hydrogens (primary N) is 1. The van der Waals surface area contributed by atoms with Gasteiger partial charge in [-0.3, -0.25) is 0 Å². The van der Waals surface area contributed by atoms with Crippen LogP contribution in [0.1, 0.15) is 0 Å². The summed E-state index contributed by atoms with van der Waals surface area (Å²) in [7, 11) is -2.04. The number of nitrogen functional groups attached to an aromatic ring is 1. The Kier molecular flexibility index (Phi) is 3.96. The zero-order valence-corrected chi connectivity index (χ0v) is 10.4. The number of likely N-dealkylation sites (N-methyl/N-ethyl adjacent to an activating group) is 1. The van der Waals surface area contributed by atoms with Crippen molar-refractivity contribution in [2.75, 3.05) is 19.3 Å². The fourth-order valence-corrected chi connectivity index (χ4v) is 2.44. The number of anilines is 1. The highest BCUT2D eigenvalue weighted by Crippen LogP contribution is 2.23. The van der Waals surface area contributed by atoms with Gasteiger partial charge in [0.25, 0.3) is 0 Å². The second-order valence-electron chi connectivity index (χ2n) is 3.26. The van der Waals surface area contributed by atoms with E-state index in [2.05, 4.69) is 6.58 Å². The summed E-state index contributed by atoms with van der Waals surface area (Å²) in [5.74, 6) is 0. The lowest BCUT2D eigenvalue weighted by molar-refractivity contribution is 0.499. The topological polar surface area (TPSA) is 63.4 Å². The zero-order chi connectivity index (χ0) is 12.3. The zero-order valence-electron chi connectivity index (χ0n) is 8.85. The molecule has 0 heterocycles. The quantitative estimate of drug-likeness (QED) is 0.662. The van der Waals surface area contributed by atoms with Crippen LogP contribution < -0.4 is 5.73 Å². The predicted molar refractivity (Wildman–Crippen MR) is 65.9 cm³/mol. The maximum Gasteiger partial charge on any atom is 0.243 e. The number of sulfonamides is 1. The number of hydrogen-bond donors (Lipinski definition) is 1. The van der Waals surface area contributed by atoms with Crippen molar-refractivity contribution in [2.45, 2.75) is 4.90 Å². The van der Waals surface area contributed by atoms with Crippen LogP contribution in [0.15, 0.2) is 35.7 Å². The van der Waals surface area contributed by atoms with Crippen LogP contribution in [0.2, 0.25) is 5.02 Å². The van der Waals surface area contributed by atoms with Gasteiger partial charge in [0, 0.05) is 13.6 Å². The van der Waals surface area contributed by atoms with Gasteiger partial charge in [-0.2, -0.15) is 4.31 Å². The molecule has 1 rings (SSSR count). The first-order chi connectivity index (χ1) is 7.39. The van der Waals surface area contributed by atoms with E-state index in [4.69, 9.17) is 17.3 Å². The van der Waals surface area contributed by atoms with Crippen LogP contribution >= 0.6 is 11.6 Å². The molecule has 6 heteroatoms. The van der Waals surface area contributed by atoms with Gasteiger partial charge >= 0.3 is 0 Å². The van der Waals surface area contributed by atoms with Crippen molar-refractivity contribution in [1.82, 2.24) is 4.31 Å². The number of rotatable bonds is 4. The summed E-state index contributed by atoms with van der Waals surface area (Å²) in [6, 6.07) is 4.23. The molecule has 0 bridgehead atoms. The van der Waals surface area contributed by atoms with E-state index < -0.39 is 10.0 Å². The van der Waals surface area contributed by atoms with Crippen molar-refractivity contribution >= 4 is 27.3 Å². The lowest BCUT2D eigenvalue weighted by atomic mass is 10.3. The second kappa shape index (κ2) is 4.86. The Bertz CT molecular complexity index is 500. The number of nitrogens with zero attached hydrogens (tertiary/aromatic N) is 1. The molecule has 0 aliphatic heterocycles. The van der Waals surface area contributed by atoms with Crippen LogP contribution in [0, 0.1) is 0 Å². The Balaban J connectivity index is 3.17. The molecule has 0 aromatic heterocycles. The van der Waals surface area contributed by atoms with E-state index in [1.54, 1.807) is 0 Å². The Morgan fingerprint density at radius 3 is 2.69 bits per heavy atom. The first-order valence-electron chi connectivity index (χ1n) is 4.52. The van der Waals surface area contributed by atoms with E-state index in [0.29, 0.717) is 5.02 Å². The number of hydrogen-bond acceptors (Lipinski definition) is 3. The van der Waals surface area contributed by atoms with Crippen LogP contribution in [0.3, 0.4) is 0 Å². The Hall–Kier alpha value is -1.04. The molecule has 0 spiro atoms. The van der Waals surface area contributed by atoms with Crippen LogP contribution in [0.5, 0.6) is 0 Å². The average molecular weight is 261 g/mol. The van der Waals surface area contributed by atoms with Crippen LogP contribution in [-0.4, -0.2) is 26.3 Å². The summed E-state index contributed by atoms with van der Waals surface area (Å²) in [5.41, 5.74) is 5.80. The Morgan fingerprint density at radius 1 is 1.56 bits per heavy atom. The molecule has 4 nitrogen and oxygen atoms in total. The molecule has 0 aliphatic carbocycles. The smallest absolute Gasteiger partial charge is 0.243 e. The molecule has 0 unspecified atom stereocenters. The summed E-state index contributed by atoms with van der Waals surface area (Å²) in [6.45, 7) is 3.73. The Morgan fingerprint density at radius 2 is 2.19 bits per heavy atom. The second-order valence-corrected chi connectivity index (χ2v) is 5.71. The van der Waals surface area contributed by atoms with Crippen LogP contribution in [0.4, 0.5) is 5.69 Å². The van der Waals surface area contributed by atoms with Gasteiger partial charge in [-0.1, -0.05) is 17.7 Å². The highest BCUT2D eigenvalue weighted by atomic mass is 35.5. The number of benzene rings is 1. The third-order valence-corrected chi connectivity index (χ3v) is 4.23. The van der Waals surface area contributed by atoms with Gasteiger partial charge in [0.15, 0.2) is 0 Å². The van der Waals surface area contributed by atoms with Gasteiger partial charge in [0.1, 0.15) is 0 Å². The Labute approximate surface area is 100 Å². The maximum atomic E-state index is 12.0. The maximum absolute atomic E-state index is 12.0. The van der Waals surface area contributed by atoms with E-state index in [0.717, 1.165) is 0 Å². The fraction of sp³-hybridized carbons (Fsp3) is 0.200. The highest BCUT2D eigenvalue weighted by molar-refractivity contribution is 7.89.